The van der Waals surface area contributed by atoms with Gasteiger partial charge in [-0.25, -0.2) is 4.84 Å². The number of nitro groups is 1. The molecule has 0 aliphatic heterocycles. The third-order valence-corrected chi connectivity index (χ3v) is 3.18. The summed E-state index contributed by atoms with van der Waals surface area (Å²) in [7, 11) is 0. The maximum atomic E-state index is 11.3. The molecule has 0 amide bonds. The second-order valence-corrected chi connectivity index (χ2v) is 4.52. The molecule has 0 unspecified atom stereocenters. The Bertz CT molecular complexity index is 208. The summed E-state index contributed by atoms with van der Waals surface area (Å²) in [5.41, 5.74) is 9.99. The van der Waals surface area contributed by atoms with Crippen LogP contribution in [0.25, 0.3) is 0 Å². The fourth-order valence-corrected chi connectivity index (χ4v) is 2.13. The molecule has 7 heteroatoms. The van der Waals surface area contributed by atoms with Crippen molar-refractivity contribution in [2.45, 2.75) is 44.1 Å². The molecule has 0 spiro atoms. The van der Waals surface area contributed by atoms with E-state index in [1.165, 1.54) is 0 Å². The zero-order valence-electron chi connectivity index (χ0n) is 10.2. The van der Waals surface area contributed by atoms with Crippen LogP contribution >= 0.6 is 11.8 Å². The number of nitrogens with one attached hydrogen (secondary N) is 1. The highest BCUT2D eigenvalue weighted by Gasteiger charge is 2.40. The van der Waals surface area contributed by atoms with Gasteiger partial charge in [-0.2, -0.15) is 0 Å². The molecule has 0 radical (unpaired) electrons. The molecule has 0 atom stereocenters. The number of nitrogens with zero attached hydrogens (tertiary/aromatic N) is 1. The van der Waals surface area contributed by atoms with E-state index >= 15 is 0 Å². The average molecular weight is 267 g/mol. The van der Waals surface area contributed by atoms with Crippen molar-refractivity contribution in [3.05, 3.63) is 10.1 Å². The first-order valence-corrected chi connectivity index (χ1v) is 6.39. The minimum absolute atomic E-state index is 0.160. The van der Waals surface area contributed by atoms with Crippen LogP contribution in [-0.4, -0.2) is 30.1 Å². The first-order valence-electron chi connectivity index (χ1n) is 6.01. The van der Waals surface area contributed by atoms with Crippen LogP contribution in [0.4, 0.5) is 0 Å². The average Bonchev–Trinajstić information content (AvgIpc) is 2.32. The van der Waals surface area contributed by atoms with Crippen LogP contribution in [0.15, 0.2) is 0 Å². The lowest BCUT2D eigenvalue weighted by molar-refractivity contribution is -0.574. The van der Waals surface area contributed by atoms with Crippen LogP contribution in [0.5, 0.6) is 0 Å². The molecule has 17 heavy (non-hydrogen) atoms. The van der Waals surface area contributed by atoms with Gasteiger partial charge >= 0.3 is 0 Å². The monoisotopic (exact) mass is 266 g/mol. The number of hydrogen-bond donors (Lipinski definition) is 3. The zero-order chi connectivity index (χ0) is 13.1. The van der Waals surface area contributed by atoms with E-state index in [-0.39, 0.29) is 4.92 Å². The van der Waals surface area contributed by atoms with Crippen LogP contribution in [0.3, 0.4) is 0 Å². The lowest BCUT2D eigenvalue weighted by Gasteiger charge is -2.25. The largest absolute Gasteiger partial charge is 0.330 e. The van der Waals surface area contributed by atoms with Gasteiger partial charge in [0.15, 0.2) is 0 Å². The predicted molar refractivity (Wildman–Crippen MR) is 69.4 cm³/mol. The molecule has 5 N–H and O–H groups in total. The van der Waals surface area contributed by atoms with Crippen molar-refractivity contribution < 1.29 is 4.92 Å². The van der Waals surface area contributed by atoms with E-state index < -0.39 is 5.54 Å². The Kier molecular flexibility index (Phi) is 9.34. The van der Waals surface area contributed by atoms with E-state index in [4.69, 9.17) is 23.2 Å². The third kappa shape index (κ3) is 6.16. The van der Waals surface area contributed by atoms with Crippen LogP contribution in [0.2, 0.25) is 0 Å². The van der Waals surface area contributed by atoms with E-state index in [9.17, 15) is 10.1 Å². The predicted octanol–water partition coefficient (Wildman–Crippen LogP) is 1.00. The Morgan fingerprint density at radius 1 is 1.12 bits per heavy atom. The smallest absolute Gasteiger partial charge is 0.222 e. The Balaban J connectivity index is 4.50. The second kappa shape index (κ2) is 9.58. The summed E-state index contributed by atoms with van der Waals surface area (Å²) in [4.78, 5) is 13.6. The van der Waals surface area contributed by atoms with Gasteiger partial charge in [-0.05, 0) is 44.1 Å². The molecule has 0 fully saturated rings. The summed E-state index contributed by atoms with van der Waals surface area (Å²) >= 11 is 5.36. The quantitative estimate of drug-likeness (QED) is 0.224. The lowest BCUT2D eigenvalue weighted by atomic mass is 9.84. The van der Waals surface area contributed by atoms with Crippen molar-refractivity contribution in [1.29, 1.82) is 0 Å². The molecule has 0 saturated carbocycles. The Morgan fingerprint density at radius 3 is 1.94 bits per heavy atom. The first kappa shape index (κ1) is 16.6. The van der Waals surface area contributed by atoms with Crippen molar-refractivity contribution in [3.63, 3.8) is 0 Å². The lowest BCUT2D eigenvalue weighted by Crippen LogP contribution is -2.40. The van der Waals surface area contributed by atoms with Gasteiger partial charge in [0.2, 0.25) is 5.54 Å². The van der Waals surface area contributed by atoms with Crippen molar-refractivity contribution in [2.75, 3.05) is 19.6 Å². The van der Waals surface area contributed by atoms with Crippen LogP contribution in [-0.2, 0) is 0 Å². The summed E-state index contributed by atoms with van der Waals surface area (Å²) in [6.45, 7) is 1.53. The molecule has 0 aromatic heterocycles. The van der Waals surface area contributed by atoms with Gasteiger partial charge in [0.05, 0.1) is 0 Å². The number of nitrogens with two attached hydrogens (primary N) is 2. The molecule has 0 aliphatic carbocycles. The molecule has 0 bridgehead atoms. The number of rotatable bonds is 11. The summed E-state index contributed by atoms with van der Waals surface area (Å²) in [5.74, 6) is 0. The minimum atomic E-state index is -0.882. The summed E-state index contributed by atoms with van der Waals surface area (Å²) in [6, 6.07) is 0. The second-order valence-electron chi connectivity index (χ2n) is 4.25. The molecule has 102 valence electrons. The van der Waals surface area contributed by atoms with Crippen molar-refractivity contribution >= 4 is 11.8 Å². The highest BCUT2D eigenvalue weighted by Crippen LogP contribution is 2.28. The standard InChI is InChI=1S/C10H23ClN4O2/c11-14-9-3-6-10(15(16)17,4-1-7-12)5-2-8-13/h14H,1-9,12-13H2. The molecule has 6 nitrogen and oxygen atoms in total. The maximum Gasteiger partial charge on any atom is 0.222 e. The Hall–Kier alpha value is -0.430. The highest BCUT2D eigenvalue weighted by molar-refractivity contribution is 6.13. The fourth-order valence-electron chi connectivity index (χ4n) is 2.00. The Labute approximate surface area is 107 Å². The van der Waals surface area contributed by atoms with Crippen LogP contribution < -0.4 is 16.3 Å². The van der Waals surface area contributed by atoms with Gasteiger partial charge in [0.1, 0.15) is 0 Å². The van der Waals surface area contributed by atoms with E-state index in [1.54, 1.807) is 0 Å². The third-order valence-electron chi connectivity index (χ3n) is 2.99. The minimum Gasteiger partial charge on any atom is -0.330 e. The maximum absolute atomic E-state index is 11.3. The summed E-state index contributed by atoms with van der Waals surface area (Å²) in [6.07, 6.45) is 3.55. The van der Waals surface area contributed by atoms with Gasteiger partial charge in [-0.15, -0.1) is 0 Å². The van der Waals surface area contributed by atoms with E-state index in [1.807, 2.05) is 0 Å². The molecule has 0 rings (SSSR count). The van der Waals surface area contributed by atoms with Crippen LogP contribution in [0.1, 0.15) is 38.5 Å². The molecular weight excluding hydrogens is 244 g/mol. The molecular formula is C10H23ClN4O2. The summed E-state index contributed by atoms with van der Waals surface area (Å²) < 4.78 is 0. The molecule has 0 aromatic rings. The van der Waals surface area contributed by atoms with Crippen LogP contribution in [0, 0.1) is 10.1 Å². The van der Waals surface area contributed by atoms with Gasteiger partial charge in [-0.3, -0.25) is 10.1 Å². The molecule has 0 aromatic carbocycles. The van der Waals surface area contributed by atoms with Gasteiger partial charge in [0.25, 0.3) is 0 Å². The van der Waals surface area contributed by atoms with Gasteiger partial charge in [-0.1, -0.05) is 0 Å². The normalized spacial score (nSPS) is 11.7. The topological polar surface area (TPSA) is 107 Å². The SMILES string of the molecule is NCCCC(CCCN)(CCCNCl)[N+](=O)[O-]. The summed E-state index contributed by atoms with van der Waals surface area (Å²) in [5, 5.41) is 11.3. The zero-order valence-corrected chi connectivity index (χ0v) is 10.9. The Morgan fingerprint density at radius 2 is 1.59 bits per heavy atom. The van der Waals surface area contributed by atoms with E-state index in [0.29, 0.717) is 58.2 Å². The highest BCUT2D eigenvalue weighted by atomic mass is 35.5. The van der Waals surface area contributed by atoms with Gasteiger partial charge < -0.3 is 11.5 Å². The van der Waals surface area contributed by atoms with Crippen molar-refractivity contribution in [3.8, 4) is 0 Å². The first-order chi connectivity index (χ1) is 8.13. The van der Waals surface area contributed by atoms with Crippen molar-refractivity contribution in [2.24, 2.45) is 11.5 Å². The fraction of sp³-hybridized carbons (Fsp3) is 1.00. The number of hydrogen-bond acceptors (Lipinski definition) is 5. The molecule has 0 aliphatic rings. The van der Waals surface area contributed by atoms with Crippen molar-refractivity contribution in [1.82, 2.24) is 4.84 Å². The number of halogens is 1. The molecule has 0 heterocycles. The van der Waals surface area contributed by atoms with Gasteiger partial charge in [0, 0.05) is 30.7 Å². The molecule has 0 saturated heterocycles. The van der Waals surface area contributed by atoms with E-state index in [0.717, 1.165) is 0 Å². The van der Waals surface area contributed by atoms with E-state index in [2.05, 4.69) is 4.84 Å².